The van der Waals surface area contributed by atoms with Crippen LogP contribution in [0.1, 0.15) is 58.8 Å². The molecule has 6 aliphatic rings. The van der Waals surface area contributed by atoms with Gasteiger partial charge in [0.1, 0.15) is 24.9 Å². The highest BCUT2D eigenvalue weighted by Gasteiger charge is 2.75. The van der Waals surface area contributed by atoms with Crippen molar-refractivity contribution >= 4 is 5.97 Å². The third-order valence-electron chi connectivity index (χ3n) is 12.2. The molecule has 4 saturated carbocycles. The molecular formula is C29H44O12. The first-order chi connectivity index (χ1) is 19.2. The van der Waals surface area contributed by atoms with E-state index in [1.54, 1.807) is 0 Å². The van der Waals surface area contributed by atoms with Gasteiger partial charge in [0.15, 0.2) is 6.29 Å². The number of ether oxygens (including phenoxy) is 3. The fraction of sp³-hybridized carbons (Fsp3) is 0.897. The first-order valence-electron chi connectivity index (χ1n) is 14.9. The van der Waals surface area contributed by atoms with Crippen molar-refractivity contribution in [2.24, 2.45) is 28.6 Å². The third-order valence-corrected chi connectivity index (χ3v) is 12.2. The lowest BCUT2D eigenvalue weighted by atomic mass is 9.40. The topological polar surface area (TPSA) is 207 Å². The summed E-state index contributed by atoms with van der Waals surface area (Å²) in [6, 6.07) is 0. The van der Waals surface area contributed by atoms with Crippen LogP contribution in [0, 0.1) is 28.6 Å². The van der Waals surface area contributed by atoms with E-state index in [9.17, 15) is 45.6 Å². The number of cyclic esters (lactones) is 1. The molecule has 8 N–H and O–H groups in total. The normalized spacial score (nSPS) is 56.9. The molecule has 1 saturated heterocycles. The highest BCUT2D eigenvalue weighted by atomic mass is 16.7. The molecule has 2 heterocycles. The number of fused-ring (bicyclic) bond motifs is 5. The van der Waals surface area contributed by atoms with Crippen LogP contribution < -0.4 is 0 Å². The van der Waals surface area contributed by atoms with Crippen LogP contribution in [0.4, 0.5) is 0 Å². The molecule has 0 radical (unpaired) electrons. The molecule has 4 aliphatic carbocycles. The number of carbonyl (C=O) groups excluding carboxylic acids is 1. The third kappa shape index (κ3) is 3.99. The van der Waals surface area contributed by atoms with E-state index in [1.165, 1.54) is 13.0 Å². The number of hydrogen-bond acceptors (Lipinski definition) is 12. The van der Waals surface area contributed by atoms with Crippen LogP contribution in [0.5, 0.6) is 0 Å². The van der Waals surface area contributed by atoms with Gasteiger partial charge in [0, 0.05) is 30.3 Å². The molecule has 41 heavy (non-hydrogen) atoms. The maximum Gasteiger partial charge on any atom is 0.331 e. The molecular weight excluding hydrogens is 540 g/mol. The quantitative estimate of drug-likeness (QED) is 0.140. The van der Waals surface area contributed by atoms with Gasteiger partial charge in [-0.15, -0.1) is 0 Å². The molecule has 0 aromatic carbocycles. The molecule has 0 spiro atoms. The Morgan fingerprint density at radius 3 is 2.41 bits per heavy atom. The highest BCUT2D eigenvalue weighted by molar-refractivity contribution is 5.85. The Labute approximate surface area is 238 Å². The summed E-state index contributed by atoms with van der Waals surface area (Å²) in [5.74, 6) is -1.93. The molecule has 0 unspecified atom stereocenters. The van der Waals surface area contributed by atoms with Crippen molar-refractivity contribution in [1.29, 1.82) is 0 Å². The Hall–Kier alpha value is -1.19. The van der Waals surface area contributed by atoms with Crippen LogP contribution in [0.2, 0.25) is 0 Å². The van der Waals surface area contributed by atoms with Crippen molar-refractivity contribution < 1.29 is 59.9 Å². The summed E-state index contributed by atoms with van der Waals surface area (Å²) < 4.78 is 16.7. The fourth-order valence-corrected chi connectivity index (χ4v) is 10.1. The summed E-state index contributed by atoms with van der Waals surface area (Å²) in [7, 11) is 0. The predicted octanol–water partition coefficient (Wildman–Crippen LogP) is -1.51. The van der Waals surface area contributed by atoms with Crippen molar-refractivity contribution in [2.75, 3.05) is 13.2 Å². The average molecular weight is 585 g/mol. The molecule has 2 aliphatic heterocycles. The van der Waals surface area contributed by atoms with E-state index in [0.717, 1.165) is 5.57 Å². The Morgan fingerprint density at radius 2 is 1.76 bits per heavy atom. The summed E-state index contributed by atoms with van der Waals surface area (Å²) in [5, 5.41) is 89.6. The van der Waals surface area contributed by atoms with Crippen molar-refractivity contribution in [3.8, 4) is 0 Å². The van der Waals surface area contributed by atoms with E-state index < -0.39 is 95.5 Å². The largest absolute Gasteiger partial charge is 0.458 e. The molecule has 0 aromatic rings. The molecule has 15 atom stereocenters. The highest BCUT2D eigenvalue weighted by Crippen LogP contribution is 2.70. The van der Waals surface area contributed by atoms with E-state index in [0.29, 0.717) is 19.3 Å². The molecule has 12 heteroatoms. The first kappa shape index (κ1) is 29.9. The second-order valence-electron chi connectivity index (χ2n) is 13.8. The lowest BCUT2D eigenvalue weighted by Crippen LogP contribution is -2.76. The van der Waals surface area contributed by atoms with Crippen LogP contribution >= 0.6 is 0 Å². The summed E-state index contributed by atoms with van der Waals surface area (Å²) in [6.45, 7) is 3.00. The Kier molecular flexibility index (Phi) is 7.22. The van der Waals surface area contributed by atoms with Gasteiger partial charge < -0.3 is 55.1 Å². The monoisotopic (exact) mass is 584 g/mol. The summed E-state index contributed by atoms with van der Waals surface area (Å²) >= 11 is 0. The second kappa shape index (κ2) is 9.91. The minimum atomic E-state index is -1.67. The van der Waals surface area contributed by atoms with Crippen LogP contribution in [0.25, 0.3) is 0 Å². The maximum absolute atomic E-state index is 12.4. The van der Waals surface area contributed by atoms with Gasteiger partial charge in [0.2, 0.25) is 0 Å². The molecule has 6 rings (SSSR count). The zero-order valence-electron chi connectivity index (χ0n) is 23.5. The second-order valence-corrected chi connectivity index (χ2v) is 13.8. The van der Waals surface area contributed by atoms with Crippen molar-refractivity contribution in [3.63, 3.8) is 0 Å². The van der Waals surface area contributed by atoms with Crippen molar-refractivity contribution in [2.45, 2.75) is 119 Å². The zero-order chi connectivity index (χ0) is 29.7. The number of rotatable bonds is 4. The fourth-order valence-electron chi connectivity index (χ4n) is 10.1. The van der Waals surface area contributed by atoms with Gasteiger partial charge in [-0.05, 0) is 56.4 Å². The van der Waals surface area contributed by atoms with Gasteiger partial charge in [-0.2, -0.15) is 0 Å². The van der Waals surface area contributed by atoms with Gasteiger partial charge in [-0.3, -0.25) is 0 Å². The molecule has 232 valence electrons. The SMILES string of the molecule is C[C@@H]1O[C@H](O[C@H]2C[C@@H](O)[C@]3(CO)[C@H]4[C@H](O)C[C@@]5(C)[C@@H](C6=CC(=O)OC6)CC[C@@]5(O)[C@H]4CC[C@]3(O)C2)[C@H](O)[C@H](O)[C@H]1O. The predicted molar refractivity (Wildman–Crippen MR) is 139 cm³/mol. The Morgan fingerprint density at radius 1 is 1.02 bits per heavy atom. The lowest BCUT2D eigenvalue weighted by molar-refractivity contribution is -0.342. The molecule has 0 bridgehead atoms. The van der Waals surface area contributed by atoms with Gasteiger partial charge in [-0.1, -0.05) is 6.92 Å². The van der Waals surface area contributed by atoms with E-state index in [1.807, 2.05) is 6.92 Å². The summed E-state index contributed by atoms with van der Waals surface area (Å²) in [6.07, 6.45) is -6.68. The van der Waals surface area contributed by atoms with Crippen molar-refractivity contribution in [3.05, 3.63) is 11.6 Å². The van der Waals surface area contributed by atoms with Gasteiger partial charge in [0.25, 0.3) is 0 Å². The maximum atomic E-state index is 12.4. The van der Waals surface area contributed by atoms with Crippen LogP contribution in [0.3, 0.4) is 0 Å². The Bertz CT molecular complexity index is 1080. The van der Waals surface area contributed by atoms with Crippen LogP contribution in [-0.4, -0.2) is 120 Å². The van der Waals surface area contributed by atoms with E-state index >= 15 is 0 Å². The summed E-state index contributed by atoms with van der Waals surface area (Å²) in [4.78, 5) is 11.8. The zero-order valence-corrected chi connectivity index (χ0v) is 23.5. The lowest BCUT2D eigenvalue weighted by Gasteiger charge is -2.68. The number of aliphatic hydroxyl groups is 8. The number of aliphatic hydroxyl groups excluding tert-OH is 6. The molecule has 12 nitrogen and oxygen atoms in total. The molecule has 0 aromatic heterocycles. The van der Waals surface area contributed by atoms with Crippen LogP contribution in [-0.2, 0) is 19.0 Å². The minimum Gasteiger partial charge on any atom is -0.458 e. The van der Waals surface area contributed by atoms with Gasteiger partial charge in [0.05, 0.1) is 47.6 Å². The van der Waals surface area contributed by atoms with E-state index in [-0.39, 0.29) is 38.2 Å². The standard InChI is InChI=1S/C29H44O12/c1-13-22(34)23(35)24(36)25(40-13)41-15-8-19(32)28(12-30)21-17(3-5-27(28,37)9-15)29(38)6-4-16(14-7-20(33)39-11-14)26(29,2)10-18(21)31/h7,13,15-19,21-25,30-32,34-38H,3-6,8-12H2,1-2H3/t13-,15-,16+,17-,18+,19+,21+,22-,23+,24+,25+,26-,27-,28+,29+/m0/s1. The number of hydrogen-bond donors (Lipinski definition) is 8. The minimum absolute atomic E-state index is 0.0369. The number of esters is 1. The van der Waals surface area contributed by atoms with Gasteiger partial charge >= 0.3 is 5.97 Å². The summed E-state index contributed by atoms with van der Waals surface area (Å²) in [5.41, 5.74) is -4.46. The van der Waals surface area contributed by atoms with Crippen molar-refractivity contribution in [1.82, 2.24) is 0 Å². The molecule has 0 amide bonds. The molecule has 5 fully saturated rings. The van der Waals surface area contributed by atoms with E-state index in [4.69, 9.17) is 14.2 Å². The van der Waals surface area contributed by atoms with E-state index in [2.05, 4.69) is 0 Å². The number of carbonyl (C=O) groups is 1. The first-order valence-corrected chi connectivity index (χ1v) is 14.9. The smallest absolute Gasteiger partial charge is 0.331 e. The van der Waals surface area contributed by atoms with Gasteiger partial charge in [-0.25, -0.2) is 4.79 Å². The van der Waals surface area contributed by atoms with Crippen LogP contribution in [0.15, 0.2) is 11.6 Å². The average Bonchev–Trinajstić information content (AvgIpc) is 3.45. The Balaban J connectivity index is 1.28.